The Morgan fingerprint density at radius 3 is 2.20 bits per heavy atom. The van der Waals surface area contributed by atoms with E-state index in [1.54, 1.807) is 17.6 Å². The maximum absolute atomic E-state index is 12.5. The van der Waals surface area contributed by atoms with Crippen LogP contribution in [0.25, 0.3) is 0 Å². The number of aryl methyl sites for hydroxylation is 1. The molecule has 0 aliphatic heterocycles. The molecule has 2 rings (SSSR count). The summed E-state index contributed by atoms with van der Waals surface area (Å²) in [5.74, 6) is -0.537. The van der Waals surface area contributed by atoms with Crippen LogP contribution in [0.15, 0.2) is 63.6 Å². The third-order valence-electron chi connectivity index (χ3n) is 2.68. The van der Waals surface area contributed by atoms with Crippen LogP contribution in [-0.2, 0) is 10.1 Å². The summed E-state index contributed by atoms with van der Waals surface area (Å²) >= 11 is 0. The maximum atomic E-state index is 12.5. The molecule has 0 aliphatic carbocycles. The standard InChI is InChI=1S/C8H9FN4O.C7H8O3S/c9-7-3-1-6(2-4-7)5-11-12-8(10)13-14;1-6-2-4-7(5-3-6)11(8,9)10/h1-5,14H,(H3,10,12,13);2-5H,1H3,(H,8,9,10)/b11-5+;. The third kappa shape index (κ3) is 8.01. The summed E-state index contributed by atoms with van der Waals surface area (Å²) < 4.78 is 42.0. The number of hydrogen-bond acceptors (Lipinski definition) is 5. The Morgan fingerprint density at radius 2 is 1.72 bits per heavy atom. The molecule has 134 valence electrons. The van der Waals surface area contributed by atoms with Gasteiger partial charge in [0.05, 0.1) is 11.1 Å². The van der Waals surface area contributed by atoms with Gasteiger partial charge in [0, 0.05) is 0 Å². The van der Waals surface area contributed by atoms with E-state index in [1.165, 1.54) is 42.6 Å². The number of rotatable bonds is 3. The lowest BCUT2D eigenvalue weighted by atomic mass is 10.2. The van der Waals surface area contributed by atoms with Gasteiger partial charge in [-0.25, -0.2) is 9.87 Å². The lowest BCUT2D eigenvalue weighted by Gasteiger charge is -1.95. The third-order valence-corrected chi connectivity index (χ3v) is 3.54. The van der Waals surface area contributed by atoms with Crippen LogP contribution < -0.4 is 11.2 Å². The van der Waals surface area contributed by atoms with Gasteiger partial charge in [-0.15, -0.1) is 5.10 Å². The molecule has 0 amide bonds. The predicted octanol–water partition coefficient (Wildman–Crippen LogP) is 1.69. The van der Waals surface area contributed by atoms with E-state index < -0.39 is 10.1 Å². The van der Waals surface area contributed by atoms with Gasteiger partial charge in [-0.1, -0.05) is 29.8 Å². The second-order valence-electron chi connectivity index (χ2n) is 4.68. The predicted molar refractivity (Wildman–Crippen MR) is 91.5 cm³/mol. The smallest absolute Gasteiger partial charge is 0.294 e. The number of nitrogens with two attached hydrogens (primary N) is 1. The van der Waals surface area contributed by atoms with Crippen molar-refractivity contribution in [1.82, 2.24) is 5.48 Å². The molecule has 0 saturated carbocycles. The first-order valence-corrected chi connectivity index (χ1v) is 8.22. The van der Waals surface area contributed by atoms with Gasteiger partial charge in [-0.05, 0) is 36.8 Å². The quantitative estimate of drug-likeness (QED) is 0.282. The second kappa shape index (κ2) is 9.47. The maximum Gasteiger partial charge on any atom is 0.294 e. The number of nitrogens with zero attached hydrogens (tertiary/aromatic N) is 2. The van der Waals surface area contributed by atoms with Crippen LogP contribution in [0.2, 0.25) is 0 Å². The zero-order valence-electron chi connectivity index (χ0n) is 13.2. The van der Waals surface area contributed by atoms with Crippen molar-refractivity contribution in [3.8, 4) is 0 Å². The number of guanidine groups is 1. The Bertz CT molecular complexity index is 835. The first-order chi connectivity index (χ1) is 11.7. The lowest BCUT2D eigenvalue weighted by Crippen LogP contribution is -2.27. The molecule has 0 aliphatic rings. The summed E-state index contributed by atoms with van der Waals surface area (Å²) in [7, 11) is -4.02. The van der Waals surface area contributed by atoms with Crippen LogP contribution >= 0.6 is 0 Å². The second-order valence-corrected chi connectivity index (χ2v) is 6.10. The number of halogens is 1. The minimum absolute atomic E-state index is 0.0666. The largest absolute Gasteiger partial charge is 0.367 e. The first kappa shape index (κ1) is 20.2. The molecule has 0 saturated heterocycles. The van der Waals surface area contributed by atoms with Crippen molar-refractivity contribution >= 4 is 22.3 Å². The summed E-state index contributed by atoms with van der Waals surface area (Å²) in [5.41, 5.74) is 8.33. The van der Waals surface area contributed by atoms with E-state index >= 15 is 0 Å². The van der Waals surface area contributed by atoms with E-state index in [0.29, 0.717) is 5.56 Å². The normalized spacial score (nSPS) is 11.8. The van der Waals surface area contributed by atoms with Crippen molar-refractivity contribution in [1.29, 1.82) is 0 Å². The van der Waals surface area contributed by atoms with Crippen LogP contribution in [0.5, 0.6) is 0 Å². The molecule has 0 unspecified atom stereocenters. The Labute approximate surface area is 144 Å². The Balaban J connectivity index is 0.000000257. The van der Waals surface area contributed by atoms with Crippen molar-refractivity contribution in [3.05, 3.63) is 65.5 Å². The molecule has 2 aromatic carbocycles. The van der Waals surface area contributed by atoms with Gasteiger partial charge < -0.3 is 5.73 Å². The van der Waals surface area contributed by atoms with Crippen LogP contribution in [0.3, 0.4) is 0 Å². The van der Waals surface area contributed by atoms with E-state index in [1.807, 2.05) is 6.92 Å². The Hall–Kier alpha value is -2.82. The molecular formula is C15H17FN4O4S. The van der Waals surface area contributed by atoms with E-state index in [4.69, 9.17) is 15.5 Å². The summed E-state index contributed by atoms with van der Waals surface area (Å²) in [4.78, 5) is -0.0666. The van der Waals surface area contributed by atoms with Crippen molar-refractivity contribution in [2.24, 2.45) is 15.9 Å². The van der Waals surface area contributed by atoms with Gasteiger partial charge in [0.2, 0.25) is 5.96 Å². The summed E-state index contributed by atoms with van der Waals surface area (Å²) in [6.45, 7) is 1.84. The van der Waals surface area contributed by atoms with E-state index in [2.05, 4.69) is 10.2 Å². The number of nitrogens with one attached hydrogen (secondary N) is 1. The zero-order chi connectivity index (χ0) is 18.9. The number of hydrogen-bond donors (Lipinski definition) is 4. The van der Waals surface area contributed by atoms with Crippen LogP contribution in [-0.4, -0.2) is 30.4 Å². The summed E-state index contributed by atoms with van der Waals surface area (Å²) in [6, 6.07) is 11.7. The fourth-order valence-corrected chi connectivity index (χ4v) is 1.92. The van der Waals surface area contributed by atoms with E-state index in [-0.39, 0.29) is 16.7 Å². The molecule has 0 spiro atoms. The number of benzene rings is 2. The Morgan fingerprint density at radius 1 is 1.16 bits per heavy atom. The number of hydroxylamine groups is 1. The zero-order valence-corrected chi connectivity index (χ0v) is 14.0. The molecule has 0 radical (unpaired) electrons. The van der Waals surface area contributed by atoms with Gasteiger partial charge in [0.25, 0.3) is 10.1 Å². The van der Waals surface area contributed by atoms with E-state index in [9.17, 15) is 12.8 Å². The molecule has 0 aromatic heterocycles. The van der Waals surface area contributed by atoms with E-state index in [0.717, 1.165) is 5.56 Å². The van der Waals surface area contributed by atoms with Gasteiger partial charge in [0.1, 0.15) is 5.82 Å². The molecule has 0 heterocycles. The highest BCUT2D eigenvalue weighted by Crippen LogP contribution is 2.08. The summed E-state index contributed by atoms with van der Waals surface area (Å²) in [6.07, 6.45) is 1.38. The van der Waals surface area contributed by atoms with Gasteiger partial charge >= 0.3 is 0 Å². The minimum atomic E-state index is -4.02. The average Bonchev–Trinajstić information content (AvgIpc) is 2.56. The van der Waals surface area contributed by atoms with Crippen molar-refractivity contribution < 1.29 is 22.6 Å². The molecule has 25 heavy (non-hydrogen) atoms. The molecule has 5 N–H and O–H groups in total. The highest BCUT2D eigenvalue weighted by molar-refractivity contribution is 7.85. The molecule has 8 nitrogen and oxygen atoms in total. The molecule has 0 atom stereocenters. The molecular weight excluding hydrogens is 351 g/mol. The van der Waals surface area contributed by atoms with Crippen molar-refractivity contribution in [3.63, 3.8) is 0 Å². The van der Waals surface area contributed by atoms with Crippen LogP contribution in [0.1, 0.15) is 11.1 Å². The molecule has 0 fully saturated rings. The molecule has 0 bridgehead atoms. The van der Waals surface area contributed by atoms with Gasteiger partial charge in [-0.3, -0.25) is 9.76 Å². The first-order valence-electron chi connectivity index (χ1n) is 6.78. The minimum Gasteiger partial charge on any atom is -0.367 e. The molecule has 2 aromatic rings. The topological polar surface area (TPSA) is 137 Å². The highest BCUT2D eigenvalue weighted by atomic mass is 32.2. The molecule has 10 heteroatoms. The monoisotopic (exact) mass is 368 g/mol. The van der Waals surface area contributed by atoms with Gasteiger partial charge in [-0.2, -0.15) is 13.5 Å². The van der Waals surface area contributed by atoms with Crippen molar-refractivity contribution in [2.45, 2.75) is 11.8 Å². The average molecular weight is 368 g/mol. The highest BCUT2D eigenvalue weighted by Gasteiger charge is 2.06. The van der Waals surface area contributed by atoms with Crippen LogP contribution in [0, 0.1) is 12.7 Å². The van der Waals surface area contributed by atoms with Gasteiger partial charge in [0.15, 0.2) is 0 Å². The summed E-state index contributed by atoms with van der Waals surface area (Å²) in [5, 5.41) is 15.1. The fourth-order valence-electron chi connectivity index (χ4n) is 1.44. The van der Waals surface area contributed by atoms with Crippen molar-refractivity contribution in [2.75, 3.05) is 0 Å². The lowest BCUT2D eigenvalue weighted by molar-refractivity contribution is 0.232. The van der Waals surface area contributed by atoms with Crippen LogP contribution in [0.4, 0.5) is 4.39 Å². The Kier molecular flexibility index (Phi) is 7.66. The fraction of sp³-hybridized carbons (Fsp3) is 0.0667. The SMILES string of the molecule is Cc1ccc(S(=O)(=O)O)cc1.N/C(=N/N=C/c1ccc(F)cc1)NO.